The van der Waals surface area contributed by atoms with Crippen LogP contribution in [-0.2, 0) is 13.5 Å². The van der Waals surface area contributed by atoms with Crippen molar-refractivity contribution in [1.82, 2.24) is 9.55 Å². The zero-order valence-electron chi connectivity index (χ0n) is 9.07. The fourth-order valence-corrected chi connectivity index (χ4v) is 1.56. The van der Waals surface area contributed by atoms with Crippen molar-refractivity contribution in [2.75, 3.05) is 5.73 Å². The molecule has 1 heterocycles. The van der Waals surface area contributed by atoms with Gasteiger partial charge in [-0.15, -0.1) is 0 Å². The predicted octanol–water partition coefficient (Wildman–Crippen LogP) is 2.23. The maximum Gasteiger partial charge on any atom is 0.131 e. The van der Waals surface area contributed by atoms with E-state index in [2.05, 4.69) is 36.2 Å². The number of anilines is 1. The molecule has 1 aromatic heterocycles. The van der Waals surface area contributed by atoms with Crippen molar-refractivity contribution in [1.29, 1.82) is 0 Å². The average molecular weight is 201 g/mol. The van der Waals surface area contributed by atoms with Crippen LogP contribution in [0.2, 0.25) is 0 Å². The Morgan fingerprint density at radius 3 is 2.40 bits per heavy atom. The minimum atomic E-state index is 0.708. The van der Waals surface area contributed by atoms with Gasteiger partial charge in [0, 0.05) is 12.6 Å². The third kappa shape index (κ3) is 1.73. The first-order chi connectivity index (χ1) is 7.22. The largest absolute Gasteiger partial charge is 0.383 e. The number of nitrogens with zero attached hydrogens (tertiary/aromatic N) is 2. The van der Waals surface area contributed by atoms with Gasteiger partial charge in [0.25, 0.3) is 0 Å². The van der Waals surface area contributed by atoms with Crippen LogP contribution < -0.4 is 5.73 Å². The monoisotopic (exact) mass is 201 g/mol. The summed E-state index contributed by atoms with van der Waals surface area (Å²) in [6.07, 6.45) is 2.79. The summed E-state index contributed by atoms with van der Waals surface area (Å²) < 4.78 is 1.82. The molecular formula is C12H15N3. The molecule has 0 saturated heterocycles. The highest BCUT2D eigenvalue weighted by Crippen LogP contribution is 2.23. The Bertz CT molecular complexity index is 454. The molecule has 0 radical (unpaired) electrons. The Morgan fingerprint density at radius 1 is 1.27 bits per heavy atom. The number of aryl methyl sites for hydroxylation is 2. The van der Waals surface area contributed by atoms with E-state index in [-0.39, 0.29) is 0 Å². The van der Waals surface area contributed by atoms with Crippen LogP contribution in [0.3, 0.4) is 0 Å². The molecule has 0 saturated carbocycles. The first-order valence-electron chi connectivity index (χ1n) is 5.08. The van der Waals surface area contributed by atoms with Gasteiger partial charge in [-0.05, 0) is 12.0 Å². The van der Waals surface area contributed by atoms with E-state index >= 15 is 0 Å². The lowest BCUT2D eigenvalue weighted by atomic mass is 10.1. The van der Waals surface area contributed by atoms with Crippen LogP contribution in [0, 0.1) is 0 Å². The van der Waals surface area contributed by atoms with E-state index in [9.17, 15) is 0 Å². The number of benzene rings is 1. The summed E-state index contributed by atoms with van der Waals surface area (Å²) in [6, 6.07) is 8.36. The molecule has 0 atom stereocenters. The molecule has 0 bridgehead atoms. The molecule has 2 rings (SSSR count). The van der Waals surface area contributed by atoms with Crippen LogP contribution in [0.5, 0.6) is 0 Å². The summed E-state index contributed by atoms with van der Waals surface area (Å²) in [7, 11) is 1.90. The molecule has 0 aliphatic carbocycles. The quantitative estimate of drug-likeness (QED) is 0.809. The van der Waals surface area contributed by atoms with E-state index in [1.807, 2.05) is 11.6 Å². The summed E-state index contributed by atoms with van der Waals surface area (Å²) in [6.45, 7) is 2.14. The summed E-state index contributed by atoms with van der Waals surface area (Å²) in [4.78, 5) is 4.28. The van der Waals surface area contributed by atoms with E-state index in [0.717, 1.165) is 17.7 Å². The third-order valence-electron chi connectivity index (χ3n) is 2.62. The first kappa shape index (κ1) is 9.77. The lowest BCUT2D eigenvalue weighted by molar-refractivity contribution is 0.925. The fraction of sp³-hybridized carbons (Fsp3) is 0.250. The Balaban J connectivity index is 2.41. The third-order valence-corrected chi connectivity index (χ3v) is 2.62. The molecule has 0 unspecified atom stereocenters. The summed E-state index contributed by atoms with van der Waals surface area (Å²) in [5.41, 5.74) is 9.17. The minimum Gasteiger partial charge on any atom is -0.383 e. The Morgan fingerprint density at radius 2 is 1.93 bits per heavy atom. The summed E-state index contributed by atoms with van der Waals surface area (Å²) >= 11 is 0. The molecule has 15 heavy (non-hydrogen) atoms. The van der Waals surface area contributed by atoms with Gasteiger partial charge in [-0.2, -0.15) is 0 Å². The topological polar surface area (TPSA) is 43.8 Å². The smallest absolute Gasteiger partial charge is 0.131 e. The second kappa shape index (κ2) is 3.77. The maximum atomic E-state index is 5.91. The van der Waals surface area contributed by atoms with Gasteiger partial charge >= 0.3 is 0 Å². The highest BCUT2D eigenvalue weighted by molar-refractivity contribution is 5.70. The van der Waals surface area contributed by atoms with Crippen LogP contribution in [0.1, 0.15) is 12.5 Å². The second-order valence-electron chi connectivity index (χ2n) is 3.64. The zero-order chi connectivity index (χ0) is 10.8. The highest BCUT2D eigenvalue weighted by atomic mass is 15.1. The van der Waals surface area contributed by atoms with Gasteiger partial charge in [-0.25, -0.2) is 4.98 Å². The van der Waals surface area contributed by atoms with Gasteiger partial charge in [-0.1, -0.05) is 31.2 Å². The standard InChI is InChI=1S/C12H15N3/c1-3-9-4-6-10(7-5-9)11-12(13)15(2)8-14-11/h4-8H,3,13H2,1-2H3. The van der Waals surface area contributed by atoms with Crippen molar-refractivity contribution in [3.05, 3.63) is 36.2 Å². The van der Waals surface area contributed by atoms with Gasteiger partial charge in [-0.3, -0.25) is 0 Å². The molecule has 0 fully saturated rings. The number of imidazole rings is 1. The summed E-state index contributed by atoms with van der Waals surface area (Å²) in [5, 5.41) is 0. The van der Waals surface area contributed by atoms with E-state index in [1.54, 1.807) is 6.33 Å². The van der Waals surface area contributed by atoms with Crippen LogP contribution in [0.15, 0.2) is 30.6 Å². The van der Waals surface area contributed by atoms with Crippen LogP contribution in [-0.4, -0.2) is 9.55 Å². The van der Waals surface area contributed by atoms with Crippen LogP contribution in [0.4, 0.5) is 5.82 Å². The average Bonchev–Trinajstić information content (AvgIpc) is 2.60. The highest BCUT2D eigenvalue weighted by Gasteiger charge is 2.06. The van der Waals surface area contributed by atoms with E-state index in [4.69, 9.17) is 5.73 Å². The Kier molecular flexibility index (Phi) is 2.46. The van der Waals surface area contributed by atoms with Crippen molar-refractivity contribution in [2.45, 2.75) is 13.3 Å². The zero-order valence-corrected chi connectivity index (χ0v) is 9.07. The lowest BCUT2D eigenvalue weighted by Crippen LogP contribution is -1.95. The number of hydrogen-bond donors (Lipinski definition) is 1. The van der Waals surface area contributed by atoms with Gasteiger partial charge in [0.05, 0.1) is 6.33 Å². The molecule has 0 spiro atoms. The SMILES string of the molecule is CCc1ccc(-c2ncn(C)c2N)cc1. The molecule has 0 amide bonds. The van der Waals surface area contributed by atoms with E-state index in [0.29, 0.717) is 5.82 Å². The molecule has 0 aliphatic rings. The second-order valence-corrected chi connectivity index (χ2v) is 3.64. The van der Waals surface area contributed by atoms with Crippen molar-refractivity contribution in [2.24, 2.45) is 7.05 Å². The Hall–Kier alpha value is -1.77. The number of rotatable bonds is 2. The van der Waals surface area contributed by atoms with Gasteiger partial charge in [0.15, 0.2) is 0 Å². The van der Waals surface area contributed by atoms with Gasteiger partial charge in [0.1, 0.15) is 11.5 Å². The van der Waals surface area contributed by atoms with E-state index in [1.165, 1.54) is 5.56 Å². The molecule has 3 heteroatoms. The van der Waals surface area contributed by atoms with Crippen molar-refractivity contribution < 1.29 is 0 Å². The lowest BCUT2D eigenvalue weighted by Gasteiger charge is -2.01. The number of aromatic nitrogens is 2. The number of nitrogens with two attached hydrogens (primary N) is 1. The van der Waals surface area contributed by atoms with Gasteiger partial charge < -0.3 is 10.3 Å². The predicted molar refractivity (Wildman–Crippen MR) is 62.4 cm³/mol. The molecule has 3 nitrogen and oxygen atoms in total. The summed E-state index contributed by atoms with van der Waals surface area (Å²) in [5.74, 6) is 0.708. The van der Waals surface area contributed by atoms with Crippen molar-refractivity contribution >= 4 is 5.82 Å². The van der Waals surface area contributed by atoms with E-state index < -0.39 is 0 Å². The molecule has 2 N–H and O–H groups in total. The minimum absolute atomic E-state index is 0.708. The number of hydrogen-bond acceptors (Lipinski definition) is 2. The van der Waals surface area contributed by atoms with Crippen molar-refractivity contribution in [3.8, 4) is 11.3 Å². The molecule has 0 aliphatic heterocycles. The normalized spacial score (nSPS) is 10.5. The van der Waals surface area contributed by atoms with Crippen LogP contribution >= 0.6 is 0 Å². The van der Waals surface area contributed by atoms with Crippen molar-refractivity contribution in [3.63, 3.8) is 0 Å². The number of nitrogen functional groups attached to an aromatic ring is 1. The molecule has 78 valence electrons. The molecule has 2 aromatic rings. The fourth-order valence-electron chi connectivity index (χ4n) is 1.56. The van der Waals surface area contributed by atoms with Crippen LogP contribution in [0.25, 0.3) is 11.3 Å². The first-order valence-corrected chi connectivity index (χ1v) is 5.08. The van der Waals surface area contributed by atoms with Gasteiger partial charge in [0.2, 0.25) is 0 Å². The molecule has 1 aromatic carbocycles. The molecular weight excluding hydrogens is 186 g/mol. The maximum absolute atomic E-state index is 5.91. The Labute approximate surface area is 89.6 Å².